The SMILES string of the molecule is CSC1CC[C](C)CC1. The predicted molar refractivity (Wildman–Crippen MR) is 44.7 cm³/mol. The van der Waals surface area contributed by atoms with Crippen molar-refractivity contribution in [1.82, 2.24) is 0 Å². The minimum atomic E-state index is 0.966. The molecule has 0 bridgehead atoms. The Kier molecular flexibility index (Phi) is 2.90. The van der Waals surface area contributed by atoms with Gasteiger partial charge in [0.25, 0.3) is 0 Å². The second-order valence-electron chi connectivity index (χ2n) is 2.89. The highest BCUT2D eigenvalue weighted by atomic mass is 32.2. The summed E-state index contributed by atoms with van der Waals surface area (Å²) < 4.78 is 0. The van der Waals surface area contributed by atoms with Crippen molar-refractivity contribution >= 4 is 11.8 Å². The molecule has 1 aliphatic rings. The Bertz CT molecular complexity index is 72.6. The number of hydrogen-bond acceptors (Lipinski definition) is 1. The third-order valence-electron chi connectivity index (χ3n) is 2.12. The van der Waals surface area contributed by atoms with E-state index in [1.807, 2.05) is 11.8 Å². The quantitative estimate of drug-likeness (QED) is 0.544. The first-order valence-corrected chi connectivity index (χ1v) is 4.96. The minimum absolute atomic E-state index is 0.966. The monoisotopic (exact) mass is 143 g/mol. The van der Waals surface area contributed by atoms with Crippen LogP contribution in [0, 0.1) is 5.92 Å². The van der Waals surface area contributed by atoms with E-state index < -0.39 is 0 Å². The first-order chi connectivity index (χ1) is 4.33. The molecule has 0 aromatic carbocycles. The second-order valence-corrected chi connectivity index (χ2v) is 4.03. The summed E-state index contributed by atoms with van der Waals surface area (Å²) in [6.45, 7) is 2.29. The lowest BCUT2D eigenvalue weighted by molar-refractivity contribution is 0.552. The summed E-state index contributed by atoms with van der Waals surface area (Å²) in [4.78, 5) is 0. The normalized spacial score (nSPS) is 24.7. The van der Waals surface area contributed by atoms with E-state index in [0.717, 1.165) is 5.25 Å². The zero-order valence-corrected chi connectivity index (χ0v) is 7.13. The summed E-state index contributed by atoms with van der Waals surface area (Å²) in [5.74, 6) is 1.71. The largest absolute Gasteiger partial charge is 0.162 e. The molecule has 0 unspecified atom stereocenters. The van der Waals surface area contributed by atoms with Crippen molar-refractivity contribution in [1.29, 1.82) is 0 Å². The molecule has 0 amide bonds. The van der Waals surface area contributed by atoms with Gasteiger partial charge in [-0.3, -0.25) is 0 Å². The zero-order valence-electron chi connectivity index (χ0n) is 6.31. The van der Waals surface area contributed by atoms with Crippen molar-refractivity contribution in [3.63, 3.8) is 0 Å². The molecule has 1 fully saturated rings. The zero-order chi connectivity index (χ0) is 6.69. The minimum Gasteiger partial charge on any atom is -0.162 e. The molecule has 0 N–H and O–H groups in total. The Hall–Kier alpha value is 0.350. The fourth-order valence-electron chi connectivity index (χ4n) is 1.32. The van der Waals surface area contributed by atoms with Crippen LogP contribution < -0.4 is 0 Å². The van der Waals surface area contributed by atoms with Crippen LogP contribution >= 0.6 is 11.8 Å². The van der Waals surface area contributed by atoms with Crippen molar-refractivity contribution in [2.45, 2.75) is 37.9 Å². The fraction of sp³-hybridized carbons (Fsp3) is 0.875. The maximum Gasteiger partial charge on any atom is 0.00446 e. The highest BCUT2D eigenvalue weighted by Crippen LogP contribution is 2.31. The molecule has 1 rings (SSSR count). The Balaban J connectivity index is 2.18. The lowest BCUT2D eigenvalue weighted by atomic mass is 9.91. The summed E-state index contributed by atoms with van der Waals surface area (Å²) in [6, 6.07) is 0. The molecule has 9 heavy (non-hydrogen) atoms. The lowest BCUT2D eigenvalue weighted by Gasteiger charge is -2.23. The van der Waals surface area contributed by atoms with E-state index in [-0.39, 0.29) is 0 Å². The van der Waals surface area contributed by atoms with Gasteiger partial charge in [-0.1, -0.05) is 6.92 Å². The van der Waals surface area contributed by atoms with Crippen LogP contribution in [0.3, 0.4) is 0 Å². The molecular formula is C8H15S. The standard InChI is InChI=1S/C8H15S/c1-7-3-5-8(9-2)6-4-7/h8H,3-6H2,1-2H3. The number of rotatable bonds is 1. The lowest BCUT2D eigenvalue weighted by Crippen LogP contribution is -2.11. The Morgan fingerprint density at radius 1 is 1.33 bits per heavy atom. The van der Waals surface area contributed by atoms with Crippen molar-refractivity contribution in [2.75, 3.05) is 6.26 Å². The molecule has 0 spiro atoms. The molecule has 0 saturated heterocycles. The van der Waals surface area contributed by atoms with Gasteiger partial charge in [-0.05, 0) is 37.9 Å². The van der Waals surface area contributed by atoms with E-state index in [9.17, 15) is 0 Å². The van der Waals surface area contributed by atoms with Crippen LogP contribution in [0.5, 0.6) is 0 Å². The van der Waals surface area contributed by atoms with E-state index in [0.29, 0.717) is 0 Å². The van der Waals surface area contributed by atoms with E-state index in [4.69, 9.17) is 0 Å². The van der Waals surface area contributed by atoms with Gasteiger partial charge in [0.15, 0.2) is 0 Å². The number of thioether (sulfide) groups is 1. The van der Waals surface area contributed by atoms with Gasteiger partial charge in [0.1, 0.15) is 0 Å². The molecule has 53 valence electrons. The fourth-order valence-corrected chi connectivity index (χ4v) is 2.03. The highest BCUT2D eigenvalue weighted by Gasteiger charge is 2.16. The molecule has 1 saturated carbocycles. The third-order valence-corrected chi connectivity index (χ3v) is 3.26. The van der Waals surface area contributed by atoms with Crippen LogP contribution in [0.2, 0.25) is 0 Å². The average molecular weight is 143 g/mol. The molecule has 0 aliphatic heterocycles. The maximum absolute atomic E-state index is 2.29. The summed E-state index contributed by atoms with van der Waals surface area (Å²) in [7, 11) is 0. The Morgan fingerprint density at radius 2 is 1.89 bits per heavy atom. The van der Waals surface area contributed by atoms with Crippen LogP contribution in [-0.4, -0.2) is 11.5 Å². The molecule has 0 aromatic heterocycles. The smallest absolute Gasteiger partial charge is 0.00446 e. The third kappa shape index (κ3) is 2.21. The molecular weight excluding hydrogens is 128 g/mol. The van der Waals surface area contributed by atoms with Crippen LogP contribution in [0.1, 0.15) is 32.6 Å². The van der Waals surface area contributed by atoms with Gasteiger partial charge in [-0.25, -0.2) is 0 Å². The highest BCUT2D eigenvalue weighted by molar-refractivity contribution is 7.99. The Morgan fingerprint density at radius 3 is 2.33 bits per heavy atom. The van der Waals surface area contributed by atoms with Gasteiger partial charge in [0.2, 0.25) is 0 Å². The second kappa shape index (κ2) is 3.50. The van der Waals surface area contributed by atoms with Crippen molar-refractivity contribution in [3.05, 3.63) is 5.92 Å². The maximum atomic E-state index is 2.29. The van der Waals surface area contributed by atoms with Gasteiger partial charge in [-0.15, -0.1) is 0 Å². The van der Waals surface area contributed by atoms with E-state index >= 15 is 0 Å². The predicted octanol–water partition coefficient (Wildman–Crippen LogP) is 2.89. The van der Waals surface area contributed by atoms with Crippen LogP contribution in [0.4, 0.5) is 0 Å². The van der Waals surface area contributed by atoms with E-state index in [2.05, 4.69) is 13.2 Å². The van der Waals surface area contributed by atoms with Gasteiger partial charge in [0.05, 0.1) is 0 Å². The molecule has 0 heterocycles. The first-order valence-electron chi connectivity index (χ1n) is 3.67. The van der Waals surface area contributed by atoms with Crippen LogP contribution in [0.15, 0.2) is 0 Å². The first kappa shape index (κ1) is 7.46. The van der Waals surface area contributed by atoms with Gasteiger partial charge in [-0.2, -0.15) is 11.8 Å². The summed E-state index contributed by atoms with van der Waals surface area (Å²) in [5.41, 5.74) is 0. The van der Waals surface area contributed by atoms with Crippen molar-refractivity contribution < 1.29 is 0 Å². The molecule has 0 nitrogen and oxygen atoms in total. The summed E-state index contributed by atoms with van der Waals surface area (Å²) >= 11 is 2.03. The molecule has 1 aliphatic carbocycles. The average Bonchev–Trinajstić information content (AvgIpc) is 1.90. The summed E-state index contributed by atoms with van der Waals surface area (Å²) in [6.07, 6.45) is 7.84. The van der Waals surface area contributed by atoms with E-state index in [1.165, 1.54) is 25.7 Å². The summed E-state index contributed by atoms with van der Waals surface area (Å²) in [5, 5.41) is 0.966. The topological polar surface area (TPSA) is 0 Å². The molecule has 0 atom stereocenters. The van der Waals surface area contributed by atoms with Crippen LogP contribution in [0.25, 0.3) is 0 Å². The van der Waals surface area contributed by atoms with Gasteiger partial charge >= 0.3 is 0 Å². The molecule has 1 radical (unpaired) electrons. The van der Waals surface area contributed by atoms with E-state index in [1.54, 1.807) is 5.92 Å². The molecule has 0 aromatic rings. The Labute approximate surface area is 62.4 Å². The number of hydrogen-bond donors (Lipinski definition) is 0. The van der Waals surface area contributed by atoms with Crippen molar-refractivity contribution in [3.8, 4) is 0 Å². The molecule has 1 heteroatoms. The van der Waals surface area contributed by atoms with Crippen molar-refractivity contribution in [2.24, 2.45) is 0 Å². The van der Waals surface area contributed by atoms with Gasteiger partial charge < -0.3 is 0 Å². The van der Waals surface area contributed by atoms with Crippen LogP contribution in [-0.2, 0) is 0 Å². The van der Waals surface area contributed by atoms with Gasteiger partial charge in [0, 0.05) is 5.25 Å².